The second-order valence-electron chi connectivity index (χ2n) is 8.30. The maximum Gasteiger partial charge on any atom is 0.207 e. The van der Waals surface area contributed by atoms with E-state index in [4.69, 9.17) is 4.99 Å². The summed E-state index contributed by atoms with van der Waals surface area (Å²) in [6.45, 7) is 7.63. The summed E-state index contributed by atoms with van der Waals surface area (Å²) in [6, 6.07) is 29.6. The molecule has 1 aliphatic rings. The molecule has 1 aliphatic heterocycles. The van der Waals surface area contributed by atoms with E-state index >= 15 is 0 Å². The first kappa shape index (κ1) is 19.7. The topological polar surface area (TPSA) is 18.8 Å². The molecule has 1 atom stereocenters. The van der Waals surface area contributed by atoms with E-state index in [9.17, 15) is 0 Å². The Hall–Kier alpha value is -2.59. The van der Waals surface area contributed by atoms with E-state index in [0.717, 1.165) is 28.4 Å². The lowest BCUT2D eigenvalue weighted by atomic mass is 10.0. The van der Waals surface area contributed by atoms with Crippen molar-refractivity contribution in [3.8, 4) is 0 Å². The van der Waals surface area contributed by atoms with Gasteiger partial charge in [0.2, 0.25) is 5.96 Å². The summed E-state index contributed by atoms with van der Waals surface area (Å²) < 4.78 is 1.09. The largest absolute Gasteiger partial charge is 0.335 e. The molecule has 0 N–H and O–H groups in total. The van der Waals surface area contributed by atoms with E-state index in [2.05, 4.69) is 113 Å². The number of benzene rings is 3. The number of aliphatic imine (C=N–C) groups is 1. The van der Waals surface area contributed by atoms with Crippen molar-refractivity contribution in [2.24, 2.45) is 4.99 Å². The first-order valence-electron chi connectivity index (χ1n) is 9.94. The predicted molar refractivity (Wildman–Crippen MR) is 126 cm³/mol. The fourth-order valence-corrected chi connectivity index (χ4v) is 4.00. The van der Waals surface area contributed by atoms with Crippen LogP contribution < -0.4 is 4.90 Å². The molecule has 3 aromatic rings. The smallest absolute Gasteiger partial charge is 0.207 e. The van der Waals surface area contributed by atoms with Crippen LogP contribution in [0.3, 0.4) is 0 Å². The summed E-state index contributed by atoms with van der Waals surface area (Å²) in [5.41, 5.74) is 3.35. The van der Waals surface area contributed by atoms with E-state index in [1.165, 1.54) is 5.56 Å². The molecule has 0 unspecified atom stereocenters. The van der Waals surface area contributed by atoms with Gasteiger partial charge in [-0.15, -0.1) is 0 Å². The summed E-state index contributed by atoms with van der Waals surface area (Å²) in [5.74, 6) is 0.989. The highest BCUT2D eigenvalue weighted by Gasteiger charge is 2.42. The first-order chi connectivity index (χ1) is 13.9. The molecule has 4 heteroatoms. The van der Waals surface area contributed by atoms with Gasteiger partial charge < -0.3 is 9.80 Å². The van der Waals surface area contributed by atoms with Gasteiger partial charge in [0.15, 0.2) is 0 Å². The third-order valence-corrected chi connectivity index (χ3v) is 5.74. The molecule has 0 bridgehead atoms. The minimum Gasteiger partial charge on any atom is -0.335 e. The van der Waals surface area contributed by atoms with E-state index < -0.39 is 0 Å². The average molecular weight is 448 g/mol. The van der Waals surface area contributed by atoms with Gasteiger partial charge >= 0.3 is 0 Å². The molecule has 0 spiro atoms. The normalized spacial score (nSPS) is 18.5. The van der Waals surface area contributed by atoms with Crippen molar-refractivity contribution in [3.05, 3.63) is 95.0 Å². The van der Waals surface area contributed by atoms with Crippen LogP contribution in [-0.4, -0.2) is 22.9 Å². The predicted octanol–water partition coefficient (Wildman–Crippen LogP) is 6.80. The molecule has 1 fully saturated rings. The van der Waals surface area contributed by atoms with E-state index in [1.54, 1.807) is 0 Å². The van der Waals surface area contributed by atoms with E-state index in [-0.39, 0.29) is 11.6 Å². The fraction of sp³-hybridized carbons (Fsp3) is 0.240. The number of para-hydroxylation sites is 2. The Morgan fingerprint density at radius 1 is 0.828 bits per heavy atom. The molecule has 0 radical (unpaired) electrons. The SMILES string of the molecule is CC(C)(C)N1C[C@H](c2ccc(Br)cc2)N(c2ccccc2)C1=Nc1ccccc1. The molecule has 1 saturated heterocycles. The van der Waals surface area contributed by atoms with Gasteiger partial charge in [0.1, 0.15) is 0 Å². The number of halogens is 1. The minimum atomic E-state index is -0.0508. The Morgan fingerprint density at radius 2 is 1.41 bits per heavy atom. The van der Waals surface area contributed by atoms with E-state index in [0.29, 0.717) is 0 Å². The van der Waals surface area contributed by atoms with Crippen LogP contribution >= 0.6 is 15.9 Å². The molecular weight excluding hydrogens is 422 g/mol. The molecule has 148 valence electrons. The number of rotatable bonds is 3. The second-order valence-corrected chi connectivity index (χ2v) is 9.22. The monoisotopic (exact) mass is 447 g/mol. The highest BCUT2D eigenvalue weighted by atomic mass is 79.9. The Bertz CT molecular complexity index is 976. The van der Waals surface area contributed by atoms with Gasteiger partial charge in [0.25, 0.3) is 0 Å². The van der Waals surface area contributed by atoms with Crippen molar-refractivity contribution in [3.63, 3.8) is 0 Å². The molecule has 3 aromatic carbocycles. The number of nitrogens with zero attached hydrogens (tertiary/aromatic N) is 3. The van der Waals surface area contributed by atoms with Gasteiger partial charge in [-0.3, -0.25) is 0 Å². The first-order valence-corrected chi connectivity index (χ1v) is 10.7. The zero-order valence-corrected chi connectivity index (χ0v) is 18.7. The van der Waals surface area contributed by atoms with Crippen LogP contribution in [0.5, 0.6) is 0 Å². The maximum atomic E-state index is 5.12. The van der Waals surface area contributed by atoms with Crippen LogP contribution in [-0.2, 0) is 0 Å². The van der Waals surface area contributed by atoms with Gasteiger partial charge in [-0.2, -0.15) is 0 Å². The van der Waals surface area contributed by atoms with Crippen molar-refractivity contribution in [1.82, 2.24) is 4.90 Å². The number of hydrogen-bond donors (Lipinski definition) is 0. The van der Waals surface area contributed by atoms with Gasteiger partial charge in [-0.1, -0.05) is 64.5 Å². The highest BCUT2D eigenvalue weighted by Crippen LogP contribution is 2.38. The number of guanidine groups is 1. The zero-order valence-electron chi connectivity index (χ0n) is 17.1. The van der Waals surface area contributed by atoms with Crippen molar-refractivity contribution in [2.45, 2.75) is 32.4 Å². The van der Waals surface area contributed by atoms with Crippen LogP contribution in [0.15, 0.2) is 94.4 Å². The van der Waals surface area contributed by atoms with Crippen LogP contribution in [0, 0.1) is 0 Å². The molecule has 1 heterocycles. The Balaban J connectivity index is 1.88. The average Bonchev–Trinajstić information content (AvgIpc) is 3.09. The molecule has 0 saturated carbocycles. The third-order valence-electron chi connectivity index (χ3n) is 5.21. The number of hydrogen-bond acceptors (Lipinski definition) is 1. The molecule has 3 nitrogen and oxygen atoms in total. The van der Waals surface area contributed by atoms with Crippen molar-refractivity contribution < 1.29 is 0 Å². The van der Waals surface area contributed by atoms with Crippen LogP contribution in [0.1, 0.15) is 32.4 Å². The third kappa shape index (κ3) is 4.23. The van der Waals surface area contributed by atoms with Crippen molar-refractivity contribution in [1.29, 1.82) is 0 Å². The van der Waals surface area contributed by atoms with Gasteiger partial charge in [0.05, 0.1) is 11.7 Å². The zero-order chi connectivity index (χ0) is 20.4. The quantitative estimate of drug-likeness (QED) is 0.439. The molecule has 29 heavy (non-hydrogen) atoms. The molecule has 4 rings (SSSR count). The Labute approximate surface area is 181 Å². The summed E-state index contributed by atoms with van der Waals surface area (Å²) in [6.07, 6.45) is 0. The van der Waals surface area contributed by atoms with Crippen LogP contribution in [0.4, 0.5) is 11.4 Å². The maximum absolute atomic E-state index is 5.12. The van der Waals surface area contributed by atoms with Crippen LogP contribution in [0.2, 0.25) is 0 Å². The number of anilines is 1. The lowest BCUT2D eigenvalue weighted by Crippen LogP contribution is -2.45. The standard InChI is InChI=1S/C25H26BrN3/c1-25(2,3)28-18-23(19-14-16-20(26)17-15-19)29(22-12-8-5-9-13-22)24(28)27-21-10-6-4-7-11-21/h4-17,23H,18H2,1-3H3/t23-/m1/s1. The van der Waals surface area contributed by atoms with Gasteiger partial charge in [-0.05, 0) is 62.7 Å². The summed E-state index contributed by atoms with van der Waals surface area (Å²) in [7, 11) is 0. The molecule has 0 amide bonds. The minimum absolute atomic E-state index is 0.0508. The van der Waals surface area contributed by atoms with Crippen molar-refractivity contribution in [2.75, 3.05) is 11.4 Å². The Morgan fingerprint density at radius 3 is 2.00 bits per heavy atom. The van der Waals surface area contributed by atoms with Gasteiger partial charge in [0, 0.05) is 22.2 Å². The Kier molecular flexibility index (Phi) is 5.46. The second kappa shape index (κ2) is 8.03. The van der Waals surface area contributed by atoms with Crippen molar-refractivity contribution >= 4 is 33.3 Å². The lowest BCUT2D eigenvalue weighted by Gasteiger charge is -2.34. The lowest BCUT2D eigenvalue weighted by molar-refractivity contribution is 0.249. The molecule has 0 aromatic heterocycles. The van der Waals surface area contributed by atoms with Crippen LogP contribution in [0.25, 0.3) is 0 Å². The molecule has 0 aliphatic carbocycles. The van der Waals surface area contributed by atoms with Gasteiger partial charge in [-0.25, -0.2) is 4.99 Å². The van der Waals surface area contributed by atoms with E-state index in [1.807, 2.05) is 18.2 Å². The summed E-state index contributed by atoms with van der Waals surface area (Å²) in [4.78, 5) is 9.91. The summed E-state index contributed by atoms with van der Waals surface area (Å²) >= 11 is 3.57. The summed E-state index contributed by atoms with van der Waals surface area (Å²) in [5, 5.41) is 0. The fourth-order valence-electron chi connectivity index (χ4n) is 3.74. The molecular formula is C25H26BrN3. The highest BCUT2D eigenvalue weighted by molar-refractivity contribution is 9.10.